The van der Waals surface area contributed by atoms with Crippen molar-refractivity contribution in [2.75, 3.05) is 19.6 Å². The van der Waals surface area contributed by atoms with Gasteiger partial charge in [0.15, 0.2) is 0 Å². The van der Waals surface area contributed by atoms with Gasteiger partial charge in [-0.2, -0.15) is 0 Å². The van der Waals surface area contributed by atoms with E-state index >= 15 is 0 Å². The second-order valence-corrected chi connectivity index (χ2v) is 6.37. The Bertz CT molecular complexity index is 330. The van der Waals surface area contributed by atoms with E-state index < -0.39 is 0 Å². The average Bonchev–Trinajstić information content (AvgIpc) is 2.66. The molecule has 1 aliphatic heterocycles. The topological polar surface area (TPSA) is 29.3 Å². The fourth-order valence-electron chi connectivity index (χ4n) is 2.41. The molecule has 1 saturated heterocycles. The van der Waals surface area contributed by atoms with E-state index in [0.29, 0.717) is 0 Å². The maximum absolute atomic E-state index is 5.64. The lowest BCUT2D eigenvalue weighted by atomic mass is 9.95. The minimum atomic E-state index is 0. The summed E-state index contributed by atoms with van der Waals surface area (Å²) >= 11 is 5.45. The molecule has 1 aromatic rings. The summed E-state index contributed by atoms with van der Waals surface area (Å²) in [6.45, 7) is 4.40. The number of nitrogens with zero attached hydrogens (tertiary/aromatic N) is 1. The molecule has 17 heavy (non-hydrogen) atoms. The first-order valence-corrected chi connectivity index (χ1v) is 7.61. The van der Waals surface area contributed by atoms with Crippen molar-refractivity contribution in [1.29, 1.82) is 0 Å². The second-order valence-electron chi connectivity index (χ2n) is 4.51. The number of rotatable bonds is 4. The van der Waals surface area contributed by atoms with Gasteiger partial charge in [0, 0.05) is 22.4 Å². The van der Waals surface area contributed by atoms with Crippen LogP contribution >= 0.6 is 39.7 Å². The van der Waals surface area contributed by atoms with Gasteiger partial charge in [-0.05, 0) is 65.6 Å². The maximum Gasteiger partial charge on any atom is 0.0339 e. The molecule has 1 fully saturated rings. The van der Waals surface area contributed by atoms with Crippen molar-refractivity contribution < 1.29 is 0 Å². The van der Waals surface area contributed by atoms with E-state index in [1.54, 1.807) is 0 Å². The van der Waals surface area contributed by atoms with Crippen molar-refractivity contribution in [3.05, 3.63) is 20.8 Å². The third kappa shape index (κ3) is 4.52. The van der Waals surface area contributed by atoms with Crippen LogP contribution in [-0.4, -0.2) is 24.5 Å². The standard InChI is InChI=1S/C12H19BrN2S.ClH/c13-11-4-7-16-12(11)9-15-6-1-2-10(8-15)3-5-14;/h4,7,10H,1-3,5-6,8-9,14H2;1H. The van der Waals surface area contributed by atoms with Crippen LogP contribution in [0.1, 0.15) is 24.1 Å². The van der Waals surface area contributed by atoms with Crippen LogP contribution in [0.2, 0.25) is 0 Å². The summed E-state index contributed by atoms with van der Waals surface area (Å²) in [6, 6.07) is 2.14. The Hall–Kier alpha value is 0.390. The van der Waals surface area contributed by atoms with Gasteiger partial charge in [0.2, 0.25) is 0 Å². The number of nitrogens with two attached hydrogens (primary N) is 1. The van der Waals surface area contributed by atoms with Crippen molar-refractivity contribution >= 4 is 39.7 Å². The number of likely N-dealkylation sites (tertiary alicyclic amines) is 1. The summed E-state index contributed by atoms with van der Waals surface area (Å²) in [7, 11) is 0. The van der Waals surface area contributed by atoms with Crippen molar-refractivity contribution in [2.24, 2.45) is 11.7 Å². The van der Waals surface area contributed by atoms with E-state index in [2.05, 4.69) is 32.3 Å². The third-order valence-corrected chi connectivity index (χ3v) is 5.15. The Morgan fingerprint density at radius 2 is 2.35 bits per heavy atom. The summed E-state index contributed by atoms with van der Waals surface area (Å²) in [6.07, 6.45) is 3.87. The van der Waals surface area contributed by atoms with Crippen molar-refractivity contribution in [2.45, 2.75) is 25.8 Å². The Morgan fingerprint density at radius 3 is 3.00 bits per heavy atom. The van der Waals surface area contributed by atoms with Gasteiger partial charge in [-0.15, -0.1) is 23.7 Å². The van der Waals surface area contributed by atoms with Crippen molar-refractivity contribution in [3.8, 4) is 0 Å². The Balaban J connectivity index is 0.00000144. The Labute approximate surface area is 122 Å². The third-order valence-electron chi connectivity index (χ3n) is 3.24. The van der Waals surface area contributed by atoms with Gasteiger partial charge in [0.25, 0.3) is 0 Å². The summed E-state index contributed by atoms with van der Waals surface area (Å²) in [5.74, 6) is 0.817. The molecule has 2 N–H and O–H groups in total. The molecule has 1 aliphatic rings. The minimum absolute atomic E-state index is 0. The lowest BCUT2D eigenvalue weighted by molar-refractivity contribution is 0.164. The van der Waals surface area contributed by atoms with Gasteiger partial charge in [-0.1, -0.05) is 0 Å². The van der Waals surface area contributed by atoms with Crippen LogP contribution in [-0.2, 0) is 6.54 Å². The first-order valence-electron chi connectivity index (χ1n) is 5.94. The van der Waals surface area contributed by atoms with Crippen molar-refractivity contribution in [3.63, 3.8) is 0 Å². The van der Waals surface area contributed by atoms with Gasteiger partial charge in [-0.25, -0.2) is 0 Å². The minimum Gasteiger partial charge on any atom is -0.330 e. The molecule has 2 heterocycles. The van der Waals surface area contributed by atoms with Gasteiger partial charge in [-0.3, -0.25) is 4.90 Å². The van der Waals surface area contributed by atoms with Crippen LogP contribution in [0, 0.1) is 5.92 Å². The smallest absolute Gasteiger partial charge is 0.0339 e. The molecular formula is C12H20BrClN2S. The highest BCUT2D eigenvalue weighted by Gasteiger charge is 2.20. The second kappa shape index (κ2) is 7.74. The molecule has 0 aliphatic carbocycles. The molecule has 1 aromatic heterocycles. The number of hydrogen-bond donors (Lipinski definition) is 1. The Morgan fingerprint density at radius 1 is 1.53 bits per heavy atom. The molecule has 2 rings (SSSR count). The molecule has 1 atom stereocenters. The summed E-state index contributed by atoms with van der Waals surface area (Å²) < 4.78 is 1.26. The highest BCUT2D eigenvalue weighted by molar-refractivity contribution is 9.10. The molecular weight excluding hydrogens is 320 g/mol. The van der Waals surface area contributed by atoms with E-state index in [1.807, 2.05) is 11.3 Å². The largest absolute Gasteiger partial charge is 0.330 e. The molecule has 0 bridgehead atoms. The molecule has 0 aromatic carbocycles. The van der Waals surface area contributed by atoms with Crippen LogP contribution in [0.15, 0.2) is 15.9 Å². The molecule has 0 spiro atoms. The van der Waals surface area contributed by atoms with Crippen LogP contribution < -0.4 is 5.73 Å². The number of thiophene rings is 1. The summed E-state index contributed by atoms with van der Waals surface area (Å²) in [4.78, 5) is 4.02. The van der Waals surface area contributed by atoms with Crippen LogP contribution in [0.3, 0.4) is 0 Å². The number of hydrogen-bond acceptors (Lipinski definition) is 3. The first-order chi connectivity index (χ1) is 7.79. The van der Waals surface area contributed by atoms with E-state index in [0.717, 1.165) is 19.0 Å². The molecule has 0 saturated carbocycles. The molecule has 1 unspecified atom stereocenters. The predicted molar refractivity (Wildman–Crippen MR) is 80.9 cm³/mol. The maximum atomic E-state index is 5.64. The van der Waals surface area contributed by atoms with Gasteiger partial charge < -0.3 is 5.73 Å². The SMILES string of the molecule is Cl.NCCC1CCCN(Cc2sccc2Br)C1. The zero-order chi connectivity index (χ0) is 11.4. The molecule has 2 nitrogen and oxygen atoms in total. The normalized spacial score (nSPS) is 21.2. The monoisotopic (exact) mass is 338 g/mol. The summed E-state index contributed by atoms with van der Waals surface area (Å²) in [5, 5.41) is 2.15. The lowest BCUT2D eigenvalue weighted by Gasteiger charge is -2.32. The highest BCUT2D eigenvalue weighted by Crippen LogP contribution is 2.27. The molecule has 0 amide bonds. The average molecular weight is 340 g/mol. The lowest BCUT2D eigenvalue weighted by Crippen LogP contribution is -2.35. The van der Waals surface area contributed by atoms with E-state index in [1.165, 1.54) is 41.7 Å². The van der Waals surface area contributed by atoms with Gasteiger partial charge >= 0.3 is 0 Å². The molecule has 98 valence electrons. The van der Waals surface area contributed by atoms with Gasteiger partial charge in [0.1, 0.15) is 0 Å². The quantitative estimate of drug-likeness (QED) is 0.910. The Kier molecular flexibility index (Phi) is 7.04. The number of halogens is 2. The highest BCUT2D eigenvalue weighted by atomic mass is 79.9. The zero-order valence-electron chi connectivity index (χ0n) is 9.90. The number of piperidine rings is 1. The molecule has 0 radical (unpaired) electrons. The zero-order valence-corrected chi connectivity index (χ0v) is 13.1. The fraction of sp³-hybridized carbons (Fsp3) is 0.667. The van der Waals surface area contributed by atoms with Gasteiger partial charge in [0.05, 0.1) is 0 Å². The van der Waals surface area contributed by atoms with E-state index in [4.69, 9.17) is 5.73 Å². The van der Waals surface area contributed by atoms with E-state index in [-0.39, 0.29) is 12.4 Å². The predicted octanol–water partition coefficient (Wildman–Crippen LogP) is 3.49. The fourth-order valence-corrected chi connectivity index (χ4v) is 3.93. The summed E-state index contributed by atoms with van der Waals surface area (Å²) in [5.41, 5.74) is 5.64. The van der Waals surface area contributed by atoms with Crippen molar-refractivity contribution in [1.82, 2.24) is 4.90 Å². The van der Waals surface area contributed by atoms with E-state index in [9.17, 15) is 0 Å². The van der Waals surface area contributed by atoms with Crippen LogP contribution in [0.5, 0.6) is 0 Å². The van der Waals surface area contributed by atoms with Crippen LogP contribution in [0.25, 0.3) is 0 Å². The molecule has 5 heteroatoms. The first kappa shape index (κ1) is 15.4. The van der Waals surface area contributed by atoms with Crippen LogP contribution in [0.4, 0.5) is 0 Å².